The predicted octanol–water partition coefficient (Wildman–Crippen LogP) is 3.67. The minimum atomic E-state index is -0.652. The van der Waals surface area contributed by atoms with Crippen LogP contribution in [0.5, 0.6) is 0 Å². The number of ether oxygens (including phenoxy) is 1. The number of carbonyl (C=O) groups excluding carboxylic acids is 1. The summed E-state index contributed by atoms with van der Waals surface area (Å²) in [6, 6.07) is 14.2. The summed E-state index contributed by atoms with van der Waals surface area (Å²) in [6.45, 7) is 8.51. The van der Waals surface area contributed by atoms with Crippen molar-refractivity contribution in [1.82, 2.24) is 14.6 Å². The third-order valence-corrected chi connectivity index (χ3v) is 7.08. The maximum Gasteiger partial charge on any atom is 0.226 e. The van der Waals surface area contributed by atoms with E-state index in [1.165, 1.54) is 12.1 Å². The third kappa shape index (κ3) is 3.45. The second kappa shape index (κ2) is 7.59. The highest BCUT2D eigenvalue weighted by atomic mass is 16.5. The number of benzene rings is 1. The van der Waals surface area contributed by atoms with Crippen LogP contribution in [-0.2, 0) is 9.53 Å². The number of hydrogen-bond donors (Lipinski definition) is 1. The van der Waals surface area contributed by atoms with Crippen molar-refractivity contribution in [3.8, 4) is 0 Å². The summed E-state index contributed by atoms with van der Waals surface area (Å²) in [5.74, 6) is 0.979. The van der Waals surface area contributed by atoms with Gasteiger partial charge < -0.3 is 15.4 Å². The summed E-state index contributed by atoms with van der Waals surface area (Å²) in [6.07, 6.45) is 4.13. The van der Waals surface area contributed by atoms with Gasteiger partial charge in [0.25, 0.3) is 0 Å². The highest BCUT2D eigenvalue weighted by Gasteiger charge is 2.70. The van der Waals surface area contributed by atoms with Gasteiger partial charge in [-0.25, -0.2) is 9.50 Å². The van der Waals surface area contributed by atoms with E-state index in [1.54, 1.807) is 0 Å². The first kappa shape index (κ1) is 20.9. The molecule has 1 saturated carbocycles. The van der Waals surface area contributed by atoms with Gasteiger partial charge >= 0.3 is 0 Å². The Kier molecular flexibility index (Phi) is 4.97. The van der Waals surface area contributed by atoms with E-state index in [4.69, 9.17) is 15.5 Å². The SMILES string of the molecule is Cc1cc(N2CCC(C)C2)cn2nc(C3OC4(C)CC3(C(N)=O)C4)nc12.c1ccccc1. The standard InChI is InChI=1S/C19H25N5O2.C6H6/c1-11-4-5-23(7-11)13-6-12(2)16-21-15(22-24(16)8-13)14-19(17(20)25)9-18(3,10-19)26-14;1-2-4-6-5-3-1/h6,8,11,14H,4-5,7,9-10H2,1-3H3,(H2,20,25);1-6H. The number of carbonyl (C=O) groups is 1. The molecule has 4 aliphatic rings. The average Bonchev–Trinajstić information content (AvgIpc) is 3.50. The molecular weight excluding hydrogens is 402 g/mol. The summed E-state index contributed by atoms with van der Waals surface area (Å²) >= 11 is 0. The van der Waals surface area contributed by atoms with Gasteiger partial charge in [0.05, 0.1) is 22.9 Å². The van der Waals surface area contributed by atoms with Crippen molar-refractivity contribution in [2.45, 2.75) is 51.7 Å². The number of aryl methyl sites for hydroxylation is 1. The molecule has 168 valence electrons. The molecule has 4 fully saturated rings. The largest absolute Gasteiger partial charge is 0.370 e. The van der Waals surface area contributed by atoms with Crippen LogP contribution in [0.1, 0.15) is 50.6 Å². The second-order valence-corrected chi connectivity index (χ2v) is 9.94. The molecule has 2 bridgehead atoms. The Morgan fingerprint density at radius 1 is 1.19 bits per heavy atom. The van der Waals surface area contributed by atoms with Crippen LogP contribution in [-0.4, -0.2) is 39.2 Å². The van der Waals surface area contributed by atoms with E-state index >= 15 is 0 Å². The third-order valence-electron chi connectivity index (χ3n) is 7.08. The highest BCUT2D eigenvalue weighted by molar-refractivity contribution is 5.84. The molecule has 3 aromatic rings. The number of nitrogens with zero attached hydrogens (tertiary/aromatic N) is 4. The lowest BCUT2D eigenvalue weighted by Gasteiger charge is -2.40. The van der Waals surface area contributed by atoms with Gasteiger partial charge in [0.15, 0.2) is 11.5 Å². The van der Waals surface area contributed by atoms with Gasteiger partial charge in [-0.3, -0.25) is 4.79 Å². The molecule has 32 heavy (non-hydrogen) atoms. The fourth-order valence-corrected chi connectivity index (χ4v) is 5.54. The first-order valence-corrected chi connectivity index (χ1v) is 11.4. The molecule has 2 N–H and O–H groups in total. The Labute approximate surface area is 188 Å². The lowest BCUT2D eigenvalue weighted by molar-refractivity contribution is -0.132. The van der Waals surface area contributed by atoms with Gasteiger partial charge in [0.1, 0.15) is 6.10 Å². The number of amides is 1. The van der Waals surface area contributed by atoms with E-state index in [0.29, 0.717) is 24.6 Å². The Bertz CT molecular complexity index is 1110. The van der Waals surface area contributed by atoms with Gasteiger partial charge in [-0.15, -0.1) is 5.10 Å². The predicted molar refractivity (Wildman–Crippen MR) is 123 cm³/mol. The number of hydrogen-bond acceptors (Lipinski definition) is 5. The summed E-state index contributed by atoms with van der Waals surface area (Å²) < 4.78 is 7.97. The molecule has 2 unspecified atom stereocenters. The number of aromatic nitrogens is 3. The molecule has 2 atom stereocenters. The maximum absolute atomic E-state index is 12.1. The average molecular weight is 434 g/mol. The van der Waals surface area contributed by atoms with E-state index in [9.17, 15) is 4.79 Å². The van der Waals surface area contributed by atoms with Crippen LogP contribution >= 0.6 is 0 Å². The smallest absolute Gasteiger partial charge is 0.226 e. The van der Waals surface area contributed by atoms with E-state index in [0.717, 1.165) is 24.3 Å². The molecule has 0 spiro atoms. The molecule has 3 aliphatic heterocycles. The highest BCUT2D eigenvalue weighted by Crippen LogP contribution is 2.66. The van der Waals surface area contributed by atoms with Crippen molar-refractivity contribution in [3.05, 3.63) is 60.0 Å². The molecule has 1 aromatic carbocycles. The molecular formula is C25H31N5O2. The number of rotatable bonds is 3. The van der Waals surface area contributed by atoms with Gasteiger partial charge in [-0.05, 0) is 50.7 Å². The number of anilines is 1. The van der Waals surface area contributed by atoms with Crippen molar-refractivity contribution in [2.75, 3.05) is 18.0 Å². The van der Waals surface area contributed by atoms with Crippen LogP contribution in [0.3, 0.4) is 0 Å². The van der Waals surface area contributed by atoms with E-state index in [2.05, 4.69) is 29.9 Å². The molecule has 0 radical (unpaired) electrons. The minimum absolute atomic E-state index is 0.275. The summed E-state index contributed by atoms with van der Waals surface area (Å²) in [7, 11) is 0. The molecule has 1 amide bonds. The van der Waals surface area contributed by atoms with Crippen LogP contribution in [0.25, 0.3) is 5.65 Å². The van der Waals surface area contributed by atoms with Crippen molar-refractivity contribution in [3.63, 3.8) is 0 Å². The maximum atomic E-state index is 12.1. The Morgan fingerprint density at radius 2 is 1.84 bits per heavy atom. The normalized spacial score (nSPS) is 30.7. The first-order valence-electron chi connectivity index (χ1n) is 11.4. The number of pyridine rings is 1. The zero-order valence-corrected chi connectivity index (χ0v) is 19.0. The van der Waals surface area contributed by atoms with Crippen LogP contribution in [0, 0.1) is 18.3 Å². The number of primary amides is 1. The monoisotopic (exact) mass is 433 g/mol. The second-order valence-electron chi connectivity index (χ2n) is 9.94. The Hall–Kier alpha value is -2.93. The zero-order chi connectivity index (χ0) is 22.5. The van der Waals surface area contributed by atoms with Crippen molar-refractivity contribution < 1.29 is 9.53 Å². The molecule has 5 heterocycles. The van der Waals surface area contributed by atoms with E-state index < -0.39 is 11.5 Å². The van der Waals surface area contributed by atoms with Crippen molar-refractivity contribution >= 4 is 17.2 Å². The quantitative estimate of drug-likeness (QED) is 0.681. The molecule has 1 aliphatic carbocycles. The van der Waals surface area contributed by atoms with Crippen LogP contribution in [0.15, 0.2) is 48.7 Å². The first-order chi connectivity index (χ1) is 15.3. The Balaban J connectivity index is 0.000000314. The van der Waals surface area contributed by atoms with Gasteiger partial charge in [0.2, 0.25) is 5.91 Å². The van der Waals surface area contributed by atoms with Gasteiger partial charge in [-0.2, -0.15) is 0 Å². The molecule has 7 rings (SSSR count). The van der Waals surface area contributed by atoms with Crippen molar-refractivity contribution in [2.24, 2.45) is 17.1 Å². The fraction of sp³-hybridized carbons (Fsp3) is 0.480. The van der Waals surface area contributed by atoms with Crippen LogP contribution in [0.2, 0.25) is 0 Å². The Morgan fingerprint density at radius 3 is 2.41 bits per heavy atom. The van der Waals surface area contributed by atoms with Crippen LogP contribution < -0.4 is 10.6 Å². The topological polar surface area (TPSA) is 85.8 Å². The lowest BCUT2D eigenvalue weighted by atomic mass is 9.60. The number of fused-ring (bicyclic) bond motifs is 2. The van der Waals surface area contributed by atoms with Crippen molar-refractivity contribution in [1.29, 1.82) is 0 Å². The molecule has 2 aromatic heterocycles. The molecule has 7 nitrogen and oxygen atoms in total. The van der Waals surface area contributed by atoms with E-state index in [1.807, 2.05) is 54.0 Å². The summed E-state index contributed by atoms with van der Waals surface area (Å²) in [4.78, 5) is 19.2. The summed E-state index contributed by atoms with van der Waals surface area (Å²) in [5.41, 5.74) is 7.84. The fourth-order valence-electron chi connectivity index (χ4n) is 5.54. The van der Waals surface area contributed by atoms with Gasteiger partial charge in [-0.1, -0.05) is 43.3 Å². The van der Waals surface area contributed by atoms with Gasteiger partial charge in [0, 0.05) is 13.1 Å². The van der Waals surface area contributed by atoms with Crippen LogP contribution in [0.4, 0.5) is 5.69 Å². The van der Waals surface area contributed by atoms with E-state index in [-0.39, 0.29) is 11.5 Å². The minimum Gasteiger partial charge on any atom is -0.370 e. The lowest BCUT2D eigenvalue weighted by Crippen LogP contribution is -2.50. The molecule has 7 heteroatoms. The number of nitrogens with two attached hydrogens (primary N) is 1. The zero-order valence-electron chi connectivity index (χ0n) is 19.0. The summed E-state index contributed by atoms with van der Waals surface area (Å²) in [5, 5.41) is 4.69. The molecule has 3 saturated heterocycles.